The van der Waals surface area contributed by atoms with Gasteiger partial charge in [-0.3, -0.25) is 24.0 Å². The Kier molecular flexibility index (Phi) is 4.39. The van der Waals surface area contributed by atoms with Gasteiger partial charge in [0, 0.05) is 31.2 Å². The lowest BCUT2D eigenvalue weighted by Gasteiger charge is -2.24. The number of pyridine rings is 1. The van der Waals surface area contributed by atoms with Gasteiger partial charge in [0.1, 0.15) is 5.82 Å². The van der Waals surface area contributed by atoms with Crippen molar-refractivity contribution in [3.63, 3.8) is 0 Å². The summed E-state index contributed by atoms with van der Waals surface area (Å²) < 4.78 is 13.8. The van der Waals surface area contributed by atoms with Crippen LogP contribution in [0.2, 0.25) is 0 Å². The topological polar surface area (TPSA) is 91.5 Å². The molecule has 1 spiro atoms. The van der Waals surface area contributed by atoms with Crippen molar-refractivity contribution in [1.29, 1.82) is 0 Å². The van der Waals surface area contributed by atoms with Crippen LogP contribution in [0.5, 0.6) is 11.5 Å². The van der Waals surface area contributed by atoms with Crippen LogP contribution in [0.1, 0.15) is 29.9 Å². The minimum Gasteiger partial charge on any atom is -0.454 e. The van der Waals surface area contributed by atoms with Crippen LogP contribution >= 0.6 is 0 Å². The fourth-order valence-electron chi connectivity index (χ4n) is 5.10. The molecule has 2 aromatic heterocycles. The maximum Gasteiger partial charge on any atom is 0.332 e. The summed E-state index contributed by atoms with van der Waals surface area (Å²) in [7, 11) is 0. The Morgan fingerprint density at radius 1 is 0.969 bits per heavy atom. The van der Waals surface area contributed by atoms with Gasteiger partial charge in [0.25, 0.3) is 0 Å². The van der Waals surface area contributed by atoms with Crippen LogP contribution < -0.4 is 20.6 Å². The molecule has 5 heterocycles. The Labute approximate surface area is 183 Å². The van der Waals surface area contributed by atoms with E-state index in [1.54, 1.807) is 10.8 Å². The van der Waals surface area contributed by atoms with Crippen molar-refractivity contribution in [1.82, 2.24) is 24.2 Å². The highest BCUT2D eigenvalue weighted by molar-refractivity contribution is 5.44. The van der Waals surface area contributed by atoms with Crippen LogP contribution in [0, 0.1) is 0 Å². The van der Waals surface area contributed by atoms with Crippen LogP contribution in [0.15, 0.2) is 52.2 Å². The third-order valence-electron chi connectivity index (χ3n) is 6.74. The van der Waals surface area contributed by atoms with Crippen molar-refractivity contribution in [2.75, 3.05) is 19.9 Å². The Hall–Kier alpha value is -3.46. The van der Waals surface area contributed by atoms with Gasteiger partial charge in [-0.1, -0.05) is 12.1 Å². The minimum atomic E-state index is -0.591. The third-order valence-corrected chi connectivity index (χ3v) is 6.74. The fraction of sp³-hybridized carbons (Fsp3) is 0.391. The van der Waals surface area contributed by atoms with Crippen LogP contribution in [-0.4, -0.2) is 44.1 Å². The molecule has 0 amide bonds. The van der Waals surface area contributed by atoms with Crippen molar-refractivity contribution in [3.8, 4) is 11.5 Å². The highest BCUT2D eigenvalue weighted by Gasteiger charge is 2.47. The second-order valence-electron chi connectivity index (χ2n) is 8.74. The molecule has 3 aromatic rings. The summed E-state index contributed by atoms with van der Waals surface area (Å²) in [5.74, 6) is 2.30. The molecule has 9 nitrogen and oxygen atoms in total. The number of aromatic nitrogens is 4. The molecular formula is C23H23N5O4. The lowest BCUT2D eigenvalue weighted by atomic mass is 9.85. The van der Waals surface area contributed by atoms with Gasteiger partial charge in [-0.2, -0.15) is 5.10 Å². The number of nitrogens with zero attached hydrogens (tertiary/aromatic N) is 5. The summed E-state index contributed by atoms with van der Waals surface area (Å²) in [6, 6.07) is 11.6. The Balaban J connectivity index is 1.28. The molecule has 3 aliphatic heterocycles. The van der Waals surface area contributed by atoms with E-state index in [1.165, 1.54) is 4.68 Å². The summed E-state index contributed by atoms with van der Waals surface area (Å²) in [4.78, 5) is 32.1. The summed E-state index contributed by atoms with van der Waals surface area (Å²) >= 11 is 0. The normalized spacial score (nSPS) is 21.4. The quantitative estimate of drug-likeness (QED) is 0.570. The second-order valence-corrected chi connectivity index (χ2v) is 8.74. The molecule has 1 aromatic carbocycles. The minimum absolute atomic E-state index is 0.194. The monoisotopic (exact) mass is 433 g/mol. The van der Waals surface area contributed by atoms with Gasteiger partial charge in [-0.15, -0.1) is 0 Å². The number of rotatable bonds is 4. The average molecular weight is 433 g/mol. The third kappa shape index (κ3) is 3.12. The zero-order valence-electron chi connectivity index (χ0n) is 17.6. The Bertz CT molecular complexity index is 1300. The van der Waals surface area contributed by atoms with Crippen LogP contribution in [0.3, 0.4) is 0 Å². The van der Waals surface area contributed by atoms with Gasteiger partial charge in [0.2, 0.25) is 6.79 Å². The highest BCUT2D eigenvalue weighted by atomic mass is 16.7. The van der Waals surface area contributed by atoms with Gasteiger partial charge in [0.05, 0.1) is 12.2 Å². The van der Waals surface area contributed by atoms with Crippen LogP contribution in [0.4, 0.5) is 0 Å². The number of benzene rings is 1. The van der Waals surface area contributed by atoms with Crippen molar-refractivity contribution in [3.05, 3.63) is 80.4 Å². The van der Waals surface area contributed by atoms with Crippen molar-refractivity contribution < 1.29 is 9.47 Å². The highest BCUT2D eigenvalue weighted by Crippen LogP contribution is 2.41. The van der Waals surface area contributed by atoms with E-state index < -0.39 is 11.1 Å². The first kappa shape index (κ1) is 19.2. The zero-order chi connectivity index (χ0) is 21.7. The number of ether oxygens (including phenoxy) is 2. The van der Waals surface area contributed by atoms with E-state index in [4.69, 9.17) is 14.6 Å². The van der Waals surface area contributed by atoms with E-state index in [2.05, 4.69) is 16.0 Å². The van der Waals surface area contributed by atoms with E-state index in [9.17, 15) is 9.59 Å². The van der Waals surface area contributed by atoms with Gasteiger partial charge >= 0.3 is 11.1 Å². The molecule has 0 bridgehead atoms. The summed E-state index contributed by atoms with van der Waals surface area (Å²) in [6.07, 6.45) is 3.40. The maximum atomic E-state index is 12.8. The fourth-order valence-corrected chi connectivity index (χ4v) is 5.10. The summed E-state index contributed by atoms with van der Waals surface area (Å²) in [6.45, 7) is 3.50. The summed E-state index contributed by atoms with van der Waals surface area (Å²) in [5, 5.41) is 4.70. The smallest absolute Gasteiger partial charge is 0.332 e. The van der Waals surface area contributed by atoms with Gasteiger partial charge < -0.3 is 9.47 Å². The average Bonchev–Trinajstić information content (AvgIpc) is 3.52. The second kappa shape index (κ2) is 7.30. The van der Waals surface area contributed by atoms with E-state index in [1.807, 2.05) is 30.3 Å². The Morgan fingerprint density at radius 3 is 2.72 bits per heavy atom. The summed E-state index contributed by atoms with van der Waals surface area (Å²) in [5.41, 5.74) is 0.572. The molecule has 1 saturated heterocycles. The molecule has 3 aliphatic rings. The standard InChI is InChI=1S/C23H23N5O4/c29-20-21(30)28(13-17-3-1-2-8-24-17)25-22-23(7-10-27(20)22)6-9-26(14-23)12-16-4-5-18-19(11-16)32-15-31-18/h1-5,8,11H,6-7,9-10,12-15H2. The molecular weight excluding hydrogens is 410 g/mol. The molecule has 1 atom stereocenters. The molecule has 0 radical (unpaired) electrons. The van der Waals surface area contributed by atoms with Crippen molar-refractivity contribution in [2.45, 2.75) is 37.9 Å². The predicted molar refractivity (Wildman–Crippen MR) is 115 cm³/mol. The molecule has 0 saturated carbocycles. The first-order valence-electron chi connectivity index (χ1n) is 10.8. The number of fused-ring (bicyclic) bond motifs is 3. The maximum absolute atomic E-state index is 12.8. The van der Waals surface area contributed by atoms with Crippen LogP contribution in [-0.2, 0) is 25.0 Å². The van der Waals surface area contributed by atoms with Crippen molar-refractivity contribution in [2.24, 2.45) is 0 Å². The molecule has 32 heavy (non-hydrogen) atoms. The van der Waals surface area contributed by atoms with Gasteiger partial charge in [-0.25, -0.2) is 4.68 Å². The first-order chi connectivity index (χ1) is 15.6. The van der Waals surface area contributed by atoms with Gasteiger partial charge in [0.15, 0.2) is 11.5 Å². The van der Waals surface area contributed by atoms with E-state index in [-0.39, 0.29) is 18.8 Å². The molecule has 1 unspecified atom stereocenters. The number of hydrogen-bond donors (Lipinski definition) is 0. The van der Waals surface area contributed by atoms with E-state index in [0.717, 1.165) is 55.4 Å². The zero-order valence-corrected chi connectivity index (χ0v) is 17.6. The SMILES string of the molecule is O=c1c(=O)n2c(nn1Cc1ccccn1)C1(CCN(Cc3ccc4c(c3)OCO4)C1)CC2. The van der Waals surface area contributed by atoms with Gasteiger partial charge in [-0.05, 0) is 49.2 Å². The van der Waals surface area contributed by atoms with E-state index >= 15 is 0 Å². The van der Waals surface area contributed by atoms with Crippen molar-refractivity contribution >= 4 is 0 Å². The molecule has 6 rings (SSSR count). The van der Waals surface area contributed by atoms with E-state index in [0.29, 0.717) is 12.2 Å². The largest absolute Gasteiger partial charge is 0.454 e. The lowest BCUT2D eigenvalue weighted by molar-refractivity contribution is 0.174. The predicted octanol–water partition coefficient (Wildman–Crippen LogP) is 1.12. The molecule has 164 valence electrons. The number of likely N-dealkylation sites (tertiary alicyclic amines) is 1. The number of hydrogen-bond acceptors (Lipinski definition) is 7. The molecule has 0 aliphatic carbocycles. The van der Waals surface area contributed by atoms with Crippen LogP contribution in [0.25, 0.3) is 0 Å². The molecule has 9 heteroatoms. The molecule has 1 fully saturated rings. The molecule has 0 N–H and O–H groups in total. The Morgan fingerprint density at radius 2 is 1.84 bits per heavy atom. The first-order valence-corrected chi connectivity index (χ1v) is 10.8. The lowest BCUT2D eigenvalue weighted by Crippen LogP contribution is -2.45.